The van der Waals surface area contributed by atoms with E-state index in [1.165, 1.54) is 0 Å². The summed E-state index contributed by atoms with van der Waals surface area (Å²) in [6.07, 6.45) is 1.58. The van der Waals surface area contributed by atoms with Gasteiger partial charge in [0.2, 0.25) is 5.16 Å². The van der Waals surface area contributed by atoms with Crippen molar-refractivity contribution in [2.45, 2.75) is 18.7 Å². The number of carboxylic acids is 1. The van der Waals surface area contributed by atoms with Gasteiger partial charge in [-0.2, -0.15) is 0 Å². The summed E-state index contributed by atoms with van der Waals surface area (Å²) in [7, 11) is 1.63. The largest absolute Gasteiger partial charge is 0.497 e. The normalized spacial score (nSPS) is 11.3. The van der Waals surface area contributed by atoms with Crippen LogP contribution in [0.4, 0.5) is 0 Å². The fourth-order valence-electron chi connectivity index (χ4n) is 2.30. The summed E-state index contributed by atoms with van der Waals surface area (Å²) < 4.78 is 10.9. The number of aromatic amines is 1. The highest BCUT2D eigenvalue weighted by molar-refractivity contribution is 8.04. The molecule has 0 amide bonds. The van der Waals surface area contributed by atoms with E-state index >= 15 is 0 Å². The average Bonchev–Trinajstić information content (AvgIpc) is 3.12. The summed E-state index contributed by atoms with van der Waals surface area (Å²) >= 11 is 0.994. The molecule has 0 aliphatic carbocycles. The van der Waals surface area contributed by atoms with Gasteiger partial charge in [0, 0.05) is 0 Å². The number of nitrogens with zero attached hydrogens (tertiary/aromatic N) is 2. The first-order valence-electron chi connectivity index (χ1n) is 8.41. The number of aryl methyl sites for hydroxylation is 1. The molecular weight excluding hydrogens is 378 g/mol. The van der Waals surface area contributed by atoms with E-state index in [-0.39, 0.29) is 4.91 Å². The molecule has 0 bridgehead atoms. The molecule has 2 N–H and O–H groups in total. The summed E-state index contributed by atoms with van der Waals surface area (Å²) in [5.74, 6) is 1.09. The smallest absolute Gasteiger partial charge is 0.342 e. The van der Waals surface area contributed by atoms with Gasteiger partial charge in [0.25, 0.3) is 0 Å². The van der Waals surface area contributed by atoms with Crippen LogP contribution in [0.2, 0.25) is 0 Å². The van der Waals surface area contributed by atoms with Crippen molar-refractivity contribution in [3.8, 4) is 11.5 Å². The van der Waals surface area contributed by atoms with E-state index in [1.54, 1.807) is 44.4 Å². The maximum absolute atomic E-state index is 11.5. The van der Waals surface area contributed by atoms with Crippen molar-refractivity contribution in [2.75, 3.05) is 7.11 Å². The fourth-order valence-corrected chi connectivity index (χ4v) is 3.05. The maximum Gasteiger partial charge on any atom is 0.342 e. The van der Waals surface area contributed by atoms with Crippen LogP contribution in [0.3, 0.4) is 0 Å². The molecule has 144 valence electrons. The van der Waals surface area contributed by atoms with Crippen LogP contribution in [0.15, 0.2) is 58.6 Å². The minimum absolute atomic E-state index is 0.130. The molecule has 0 saturated carbocycles. The third-order valence-electron chi connectivity index (χ3n) is 3.73. The number of H-pyrrole nitrogens is 1. The first kappa shape index (κ1) is 19.5. The van der Waals surface area contributed by atoms with Crippen molar-refractivity contribution in [3.05, 3.63) is 70.4 Å². The van der Waals surface area contributed by atoms with Gasteiger partial charge in [0.05, 0.1) is 7.11 Å². The van der Waals surface area contributed by atoms with Gasteiger partial charge in [-0.3, -0.25) is 5.10 Å². The highest BCUT2D eigenvalue weighted by Gasteiger charge is 2.13. The Morgan fingerprint density at radius 1 is 1.14 bits per heavy atom. The van der Waals surface area contributed by atoms with Crippen molar-refractivity contribution >= 4 is 23.8 Å². The topological polar surface area (TPSA) is 97.3 Å². The van der Waals surface area contributed by atoms with Gasteiger partial charge >= 0.3 is 5.97 Å². The number of hydrogen-bond donors (Lipinski definition) is 2. The Labute approximate surface area is 166 Å². The van der Waals surface area contributed by atoms with Gasteiger partial charge in [-0.25, -0.2) is 9.78 Å². The molecule has 0 spiro atoms. The van der Waals surface area contributed by atoms with Crippen molar-refractivity contribution in [3.63, 3.8) is 0 Å². The molecule has 1 heterocycles. The Balaban J connectivity index is 1.64. The second-order valence-electron chi connectivity index (χ2n) is 5.82. The fraction of sp³-hybridized carbons (Fsp3) is 0.150. The van der Waals surface area contributed by atoms with E-state index in [9.17, 15) is 9.90 Å². The van der Waals surface area contributed by atoms with Gasteiger partial charge < -0.3 is 14.6 Å². The van der Waals surface area contributed by atoms with Crippen LogP contribution in [0.25, 0.3) is 6.08 Å². The Morgan fingerprint density at radius 2 is 1.82 bits per heavy atom. The van der Waals surface area contributed by atoms with Crippen LogP contribution in [0.1, 0.15) is 17.0 Å². The van der Waals surface area contributed by atoms with E-state index < -0.39 is 5.97 Å². The van der Waals surface area contributed by atoms with Crippen molar-refractivity contribution < 1.29 is 19.4 Å². The van der Waals surface area contributed by atoms with Gasteiger partial charge in [-0.15, -0.1) is 5.10 Å². The molecule has 0 unspecified atom stereocenters. The number of ether oxygens (including phenoxy) is 2. The summed E-state index contributed by atoms with van der Waals surface area (Å²) in [5, 5.41) is 16.4. The van der Waals surface area contributed by atoms with Crippen molar-refractivity contribution in [2.24, 2.45) is 0 Å². The van der Waals surface area contributed by atoms with Crippen molar-refractivity contribution in [1.82, 2.24) is 15.2 Å². The zero-order valence-electron chi connectivity index (χ0n) is 15.4. The Morgan fingerprint density at radius 3 is 2.39 bits per heavy atom. The number of rotatable bonds is 8. The van der Waals surface area contributed by atoms with E-state index in [2.05, 4.69) is 15.2 Å². The van der Waals surface area contributed by atoms with Gasteiger partial charge in [0.15, 0.2) is 0 Å². The summed E-state index contributed by atoms with van der Waals surface area (Å²) in [6, 6.07) is 14.9. The predicted octanol–water partition coefficient (Wildman–Crippen LogP) is 3.92. The number of carbonyl (C=O) groups is 1. The van der Waals surface area contributed by atoms with Crippen LogP contribution in [0, 0.1) is 6.92 Å². The molecule has 7 nitrogen and oxygen atoms in total. The number of nitrogens with one attached hydrogen (secondary N) is 1. The second-order valence-corrected chi connectivity index (χ2v) is 6.83. The molecule has 0 fully saturated rings. The molecule has 0 saturated heterocycles. The third-order valence-corrected chi connectivity index (χ3v) is 4.61. The number of benzene rings is 2. The Kier molecular flexibility index (Phi) is 6.33. The first-order valence-corrected chi connectivity index (χ1v) is 9.23. The first-order chi connectivity index (χ1) is 13.5. The second kappa shape index (κ2) is 9.09. The highest BCUT2D eigenvalue weighted by Crippen LogP contribution is 2.26. The number of aromatic nitrogens is 3. The Hall–Kier alpha value is -3.26. The molecule has 1 aromatic heterocycles. The van der Waals surface area contributed by atoms with Gasteiger partial charge in [-0.1, -0.05) is 24.3 Å². The van der Waals surface area contributed by atoms with Crippen LogP contribution in [0.5, 0.6) is 11.5 Å². The zero-order chi connectivity index (χ0) is 19.9. The number of thioether (sulfide) groups is 1. The maximum atomic E-state index is 11.5. The highest BCUT2D eigenvalue weighted by atomic mass is 32.2. The molecule has 0 aliphatic rings. The summed E-state index contributed by atoms with van der Waals surface area (Å²) in [5.41, 5.74) is 1.77. The Bertz CT molecular complexity index is 966. The molecule has 0 radical (unpaired) electrons. The van der Waals surface area contributed by atoms with Gasteiger partial charge in [0.1, 0.15) is 28.8 Å². The van der Waals surface area contributed by atoms with Crippen LogP contribution < -0.4 is 9.47 Å². The molecule has 8 heteroatoms. The van der Waals surface area contributed by atoms with Gasteiger partial charge in [-0.05, 0) is 60.2 Å². The molecule has 0 aliphatic heterocycles. The predicted molar refractivity (Wildman–Crippen MR) is 106 cm³/mol. The molecule has 28 heavy (non-hydrogen) atoms. The number of aliphatic carboxylic acids is 1. The lowest BCUT2D eigenvalue weighted by molar-refractivity contribution is -0.131. The van der Waals surface area contributed by atoms with E-state index in [4.69, 9.17) is 9.47 Å². The molecule has 3 rings (SSSR count). The lowest BCUT2D eigenvalue weighted by Crippen LogP contribution is -1.97. The van der Waals surface area contributed by atoms with E-state index in [0.29, 0.717) is 23.3 Å². The minimum Gasteiger partial charge on any atom is -0.497 e. The van der Waals surface area contributed by atoms with Crippen LogP contribution in [-0.2, 0) is 11.4 Å². The number of methoxy groups -OCH3 is 1. The van der Waals surface area contributed by atoms with Crippen LogP contribution in [-0.4, -0.2) is 33.4 Å². The average molecular weight is 397 g/mol. The SMILES string of the molecule is COc1ccc(COc2ccc(/C=C(\Sc3n[nH]c(C)n3)C(=O)O)cc2)cc1. The number of carboxylic acid groups (broad SMARTS) is 1. The zero-order valence-corrected chi connectivity index (χ0v) is 16.2. The van der Waals surface area contributed by atoms with E-state index in [1.807, 2.05) is 24.3 Å². The third kappa shape index (κ3) is 5.37. The van der Waals surface area contributed by atoms with E-state index in [0.717, 1.165) is 28.6 Å². The molecule has 3 aromatic rings. The molecule has 0 atom stereocenters. The monoisotopic (exact) mass is 397 g/mol. The van der Waals surface area contributed by atoms with Crippen LogP contribution >= 0.6 is 11.8 Å². The minimum atomic E-state index is -1.03. The summed E-state index contributed by atoms with van der Waals surface area (Å²) in [6.45, 7) is 2.19. The lowest BCUT2D eigenvalue weighted by atomic mass is 10.2. The molecule has 2 aromatic carbocycles. The molecular formula is C20H19N3O4S. The quantitative estimate of drug-likeness (QED) is 0.439. The standard InChI is InChI=1S/C20H19N3O4S/c1-13-21-20(23-22-13)28-18(19(24)25)11-14-3-9-17(10-4-14)27-12-15-5-7-16(26-2)8-6-15/h3-11H,12H2,1-2H3,(H,24,25)(H,21,22,23)/b18-11-. The van der Waals surface area contributed by atoms with Crippen molar-refractivity contribution in [1.29, 1.82) is 0 Å². The summed E-state index contributed by atoms with van der Waals surface area (Å²) in [4.78, 5) is 15.7. The number of hydrogen-bond acceptors (Lipinski definition) is 6. The lowest BCUT2D eigenvalue weighted by Gasteiger charge is -2.07.